The molecule has 1 aliphatic heterocycles. The number of benzene rings is 1. The molecule has 5 heteroatoms. The van der Waals surface area contributed by atoms with Crippen molar-refractivity contribution >= 4 is 15.9 Å². The van der Waals surface area contributed by atoms with Crippen molar-refractivity contribution in [3.8, 4) is 11.5 Å². The fourth-order valence-electron chi connectivity index (χ4n) is 1.77. The second-order valence-electron chi connectivity index (χ2n) is 4.04. The molecule has 0 aliphatic carbocycles. The van der Waals surface area contributed by atoms with Crippen LogP contribution in [-0.4, -0.2) is 24.4 Å². The van der Waals surface area contributed by atoms with Crippen LogP contribution in [0.5, 0.6) is 11.5 Å². The largest absolute Gasteiger partial charge is 0.486 e. The molecule has 0 radical (unpaired) electrons. The minimum atomic E-state index is -0.688. The van der Waals surface area contributed by atoms with Crippen LogP contribution in [0.4, 0.5) is 0 Å². The van der Waals surface area contributed by atoms with E-state index in [4.69, 9.17) is 15.2 Å². The monoisotopic (exact) mass is 301 g/mol. The molecule has 0 saturated carbocycles. The zero-order valence-corrected chi connectivity index (χ0v) is 11.2. The molecule has 2 rings (SSSR count). The van der Waals surface area contributed by atoms with Crippen LogP contribution in [0, 0.1) is 0 Å². The van der Waals surface area contributed by atoms with E-state index in [0.29, 0.717) is 31.1 Å². The van der Waals surface area contributed by atoms with Crippen LogP contribution in [0.25, 0.3) is 0 Å². The Balaban J connectivity index is 2.33. The van der Waals surface area contributed by atoms with E-state index in [1.807, 2.05) is 13.0 Å². The first-order valence-electron chi connectivity index (χ1n) is 5.66. The summed E-state index contributed by atoms with van der Waals surface area (Å²) in [6.07, 6.45) is 0.0277. The Labute approximate surface area is 109 Å². The number of aliphatic hydroxyl groups is 1. The van der Waals surface area contributed by atoms with Gasteiger partial charge in [0.05, 0.1) is 10.6 Å². The Kier molecular flexibility index (Phi) is 3.91. The third-order valence-corrected chi connectivity index (χ3v) is 3.43. The maximum absolute atomic E-state index is 10.1. The number of ether oxygens (including phenoxy) is 2. The highest BCUT2D eigenvalue weighted by atomic mass is 79.9. The quantitative estimate of drug-likeness (QED) is 0.896. The Morgan fingerprint density at radius 3 is 2.82 bits per heavy atom. The zero-order chi connectivity index (χ0) is 12.4. The maximum atomic E-state index is 10.1. The highest BCUT2D eigenvalue weighted by Gasteiger charge is 2.21. The number of nitrogens with two attached hydrogens (primary N) is 1. The lowest BCUT2D eigenvalue weighted by Gasteiger charge is -2.23. The van der Waals surface area contributed by atoms with Crippen molar-refractivity contribution in [2.24, 2.45) is 5.73 Å². The van der Waals surface area contributed by atoms with Gasteiger partial charge in [-0.05, 0) is 40.0 Å². The fraction of sp³-hybridized carbons (Fsp3) is 0.500. The summed E-state index contributed by atoms with van der Waals surface area (Å²) in [6.45, 7) is 3.02. The van der Waals surface area contributed by atoms with Gasteiger partial charge >= 0.3 is 0 Å². The van der Waals surface area contributed by atoms with E-state index in [2.05, 4.69) is 15.9 Å². The molecule has 2 atom stereocenters. The van der Waals surface area contributed by atoms with Gasteiger partial charge in [-0.2, -0.15) is 0 Å². The SMILES string of the molecule is CCC(N)C(O)c1cc(Br)c2c(c1)OCCO2. The van der Waals surface area contributed by atoms with Crippen molar-refractivity contribution in [1.29, 1.82) is 0 Å². The van der Waals surface area contributed by atoms with Crippen LogP contribution < -0.4 is 15.2 Å². The molecule has 0 saturated heterocycles. The molecular formula is C12H16BrNO3. The normalized spacial score (nSPS) is 17.6. The van der Waals surface area contributed by atoms with E-state index in [-0.39, 0.29) is 6.04 Å². The molecule has 0 fully saturated rings. The molecule has 1 heterocycles. The minimum absolute atomic E-state index is 0.274. The molecule has 0 amide bonds. The van der Waals surface area contributed by atoms with Crippen LogP contribution >= 0.6 is 15.9 Å². The number of rotatable bonds is 3. The smallest absolute Gasteiger partial charge is 0.175 e. The second kappa shape index (κ2) is 5.25. The topological polar surface area (TPSA) is 64.7 Å². The highest BCUT2D eigenvalue weighted by molar-refractivity contribution is 9.10. The van der Waals surface area contributed by atoms with Crippen LogP contribution in [0.15, 0.2) is 16.6 Å². The van der Waals surface area contributed by atoms with E-state index in [1.165, 1.54) is 0 Å². The van der Waals surface area contributed by atoms with E-state index in [1.54, 1.807) is 6.07 Å². The summed E-state index contributed by atoms with van der Waals surface area (Å²) in [4.78, 5) is 0. The molecule has 1 aromatic rings. The number of hydrogen-bond acceptors (Lipinski definition) is 4. The first-order valence-corrected chi connectivity index (χ1v) is 6.45. The summed E-state index contributed by atoms with van der Waals surface area (Å²) in [5, 5.41) is 10.1. The Morgan fingerprint density at radius 1 is 1.41 bits per heavy atom. The van der Waals surface area contributed by atoms with Crippen molar-refractivity contribution in [2.45, 2.75) is 25.5 Å². The molecule has 2 unspecified atom stereocenters. The summed E-state index contributed by atoms with van der Waals surface area (Å²) < 4.78 is 11.8. The number of halogens is 1. The summed E-state index contributed by atoms with van der Waals surface area (Å²) >= 11 is 3.42. The van der Waals surface area contributed by atoms with Crippen LogP contribution in [-0.2, 0) is 0 Å². The van der Waals surface area contributed by atoms with Crippen molar-refractivity contribution < 1.29 is 14.6 Å². The van der Waals surface area contributed by atoms with Crippen molar-refractivity contribution in [2.75, 3.05) is 13.2 Å². The third kappa shape index (κ3) is 2.56. The average Bonchev–Trinajstić information content (AvgIpc) is 2.37. The van der Waals surface area contributed by atoms with Gasteiger partial charge in [-0.1, -0.05) is 6.92 Å². The molecule has 0 spiro atoms. The van der Waals surface area contributed by atoms with Gasteiger partial charge in [0.25, 0.3) is 0 Å². The molecule has 3 N–H and O–H groups in total. The van der Waals surface area contributed by atoms with Gasteiger partial charge in [-0.15, -0.1) is 0 Å². The van der Waals surface area contributed by atoms with E-state index in [9.17, 15) is 5.11 Å². The number of hydrogen-bond donors (Lipinski definition) is 2. The van der Waals surface area contributed by atoms with E-state index in [0.717, 1.165) is 10.0 Å². The van der Waals surface area contributed by atoms with Gasteiger partial charge in [0.1, 0.15) is 13.2 Å². The molecular weight excluding hydrogens is 286 g/mol. The van der Waals surface area contributed by atoms with E-state index < -0.39 is 6.10 Å². The molecule has 4 nitrogen and oxygen atoms in total. The molecule has 17 heavy (non-hydrogen) atoms. The molecule has 94 valence electrons. The number of aliphatic hydroxyl groups excluding tert-OH is 1. The van der Waals surface area contributed by atoms with Gasteiger partial charge in [0.2, 0.25) is 0 Å². The predicted molar refractivity (Wildman–Crippen MR) is 68.4 cm³/mol. The predicted octanol–water partition coefficient (Wildman–Crippen LogP) is 1.99. The Bertz CT molecular complexity index is 411. The Hall–Kier alpha value is -0.780. The molecule has 1 aromatic carbocycles. The van der Waals surface area contributed by atoms with Crippen LogP contribution in [0.1, 0.15) is 25.0 Å². The van der Waals surface area contributed by atoms with Crippen LogP contribution in [0.3, 0.4) is 0 Å². The zero-order valence-electron chi connectivity index (χ0n) is 9.65. The lowest BCUT2D eigenvalue weighted by atomic mass is 10.0. The number of fused-ring (bicyclic) bond motifs is 1. The second-order valence-corrected chi connectivity index (χ2v) is 4.90. The highest BCUT2D eigenvalue weighted by Crippen LogP contribution is 2.40. The van der Waals surface area contributed by atoms with Crippen molar-refractivity contribution in [3.05, 3.63) is 22.2 Å². The molecule has 0 bridgehead atoms. The van der Waals surface area contributed by atoms with Gasteiger partial charge in [0, 0.05) is 6.04 Å². The third-order valence-electron chi connectivity index (χ3n) is 2.84. The fourth-order valence-corrected chi connectivity index (χ4v) is 2.35. The summed E-state index contributed by atoms with van der Waals surface area (Å²) in [7, 11) is 0. The van der Waals surface area contributed by atoms with Crippen LogP contribution in [0.2, 0.25) is 0 Å². The van der Waals surface area contributed by atoms with Gasteiger partial charge in [0.15, 0.2) is 11.5 Å². The van der Waals surface area contributed by atoms with Crippen molar-refractivity contribution in [1.82, 2.24) is 0 Å². The van der Waals surface area contributed by atoms with Crippen molar-refractivity contribution in [3.63, 3.8) is 0 Å². The first kappa shape index (κ1) is 12.7. The Morgan fingerprint density at radius 2 is 2.12 bits per heavy atom. The maximum Gasteiger partial charge on any atom is 0.175 e. The molecule has 1 aliphatic rings. The average molecular weight is 302 g/mol. The summed E-state index contributed by atoms with van der Waals surface area (Å²) in [5.41, 5.74) is 6.58. The standard InChI is InChI=1S/C12H16BrNO3/c1-2-9(14)11(15)7-5-8(13)12-10(6-7)16-3-4-17-12/h5-6,9,11,15H,2-4,14H2,1H3. The minimum Gasteiger partial charge on any atom is -0.486 e. The lowest BCUT2D eigenvalue weighted by molar-refractivity contribution is 0.141. The summed E-state index contributed by atoms with van der Waals surface area (Å²) in [5.74, 6) is 1.35. The first-order chi connectivity index (χ1) is 8.13. The molecule has 0 aromatic heterocycles. The van der Waals surface area contributed by atoms with Gasteiger partial charge in [-0.3, -0.25) is 0 Å². The lowest BCUT2D eigenvalue weighted by Crippen LogP contribution is -2.27. The van der Waals surface area contributed by atoms with E-state index >= 15 is 0 Å². The van der Waals surface area contributed by atoms with Gasteiger partial charge < -0.3 is 20.3 Å². The van der Waals surface area contributed by atoms with Gasteiger partial charge in [-0.25, -0.2) is 0 Å². The summed E-state index contributed by atoms with van der Waals surface area (Å²) in [6, 6.07) is 3.34.